The van der Waals surface area contributed by atoms with Crippen molar-refractivity contribution < 1.29 is 14.0 Å². The van der Waals surface area contributed by atoms with Gasteiger partial charge >= 0.3 is 6.03 Å². The first kappa shape index (κ1) is 18.5. The van der Waals surface area contributed by atoms with Crippen molar-refractivity contribution in [3.05, 3.63) is 30.0 Å². The maximum atomic E-state index is 12.0. The molecule has 1 aliphatic rings. The highest BCUT2D eigenvalue weighted by Crippen LogP contribution is 2.32. The summed E-state index contributed by atoms with van der Waals surface area (Å²) in [6, 6.07) is 3.34. The van der Waals surface area contributed by atoms with E-state index in [1.165, 1.54) is 37.3 Å². The largest absolute Gasteiger partial charge is 0.467 e. The molecule has 0 radical (unpaired) electrons. The summed E-state index contributed by atoms with van der Waals surface area (Å²) in [5.74, 6) is 1.23. The molecule has 0 unspecified atom stereocenters. The summed E-state index contributed by atoms with van der Waals surface area (Å²) >= 11 is 1.31. The van der Waals surface area contributed by atoms with Crippen molar-refractivity contribution in [3.63, 3.8) is 0 Å². The predicted molar refractivity (Wildman–Crippen MR) is 96.7 cm³/mol. The molecule has 2 heterocycles. The molecule has 2 aromatic rings. The number of aryl methyl sites for hydroxylation is 1. The third-order valence-electron chi connectivity index (χ3n) is 4.36. The van der Waals surface area contributed by atoms with Gasteiger partial charge in [0, 0.05) is 6.04 Å². The van der Waals surface area contributed by atoms with Crippen LogP contribution >= 0.6 is 11.8 Å². The molecule has 26 heavy (non-hydrogen) atoms. The topological polar surface area (TPSA) is 102 Å². The smallest absolute Gasteiger partial charge is 0.321 e. The number of imide groups is 1. The second kappa shape index (κ2) is 8.88. The number of nitrogens with one attached hydrogen (secondary N) is 2. The minimum atomic E-state index is -0.545. The maximum absolute atomic E-state index is 12.0. The van der Waals surface area contributed by atoms with E-state index in [0.29, 0.717) is 11.8 Å². The van der Waals surface area contributed by atoms with Gasteiger partial charge in [0.2, 0.25) is 5.91 Å². The normalized spacial score (nSPS) is 15.0. The zero-order chi connectivity index (χ0) is 18.4. The van der Waals surface area contributed by atoms with E-state index in [0.717, 1.165) is 23.8 Å². The van der Waals surface area contributed by atoms with Crippen LogP contribution in [0.4, 0.5) is 4.79 Å². The van der Waals surface area contributed by atoms with Gasteiger partial charge in [0.25, 0.3) is 0 Å². The number of urea groups is 1. The van der Waals surface area contributed by atoms with Gasteiger partial charge in [0.05, 0.1) is 18.6 Å². The third kappa shape index (κ3) is 4.87. The van der Waals surface area contributed by atoms with Gasteiger partial charge in [0.1, 0.15) is 11.6 Å². The molecule has 140 valence electrons. The average Bonchev–Trinajstić information content (AvgIpc) is 3.28. The van der Waals surface area contributed by atoms with Gasteiger partial charge in [-0.1, -0.05) is 31.0 Å². The highest BCUT2D eigenvalue weighted by Gasteiger charge is 2.22. The average molecular weight is 377 g/mol. The zero-order valence-electron chi connectivity index (χ0n) is 14.7. The lowest BCUT2D eigenvalue weighted by Crippen LogP contribution is -2.39. The number of carbonyl (C=O) groups is 2. The Morgan fingerprint density at radius 2 is 2.12 bits per heavy atom. The number of amides is 3. The SMILES string of the molecule is Cc1nnc(SCC(=O)NC(=O)NCc2ccco2)n1C1CCCCC1. The van der Waals surface area contributed by atoms with Crippen LogP contribution in [0.2, 0.25) is 0 Å². The van der Waals surface area contributed by atoms with Gasteiger partial charge in [-0.2, -0.15) is 0 Å². The van der Waals surface area contributed by atoms with Crippen molar-refractivity contribution in [1.29, 1.82) is 0 Å². The molecule has 1 fully saturated rings. The Hall–Kier alpha value is -2.29. The number of aromatic nitrogens is 3. The second-order valence-corrected chi connectivity index (χ2v) is 7.23. The Balaban J connectivity index is 1.47. The summed E-state index contributed by atoms with van der Waals surface area (Å²) in [6.07, 6.45) is 7.46. The fraction of sp³-hybridized carbons (Fsp3) is 0.529. The van der Waals surface area contributed by atoms with Crippen molar-refractivity contribution in [3.8, 4) is 0 Å². The summed E-state index contributed by atoms with van der Waals surface area (Å²) < 4.78 is 7.25. The second-order valence-electron chi connectivity index (χ2n) is 6.29. The van der Waals surface area contributed by atoms with E-state index in [1.54, 1.807) is 12.1 Å². The molecule has 3 amide bonds. The van der Waals surface area contributed by atoms with E-state index in [2.05, 4.69) is 25.4 Å². The van der Waals surface area contributed by atoms with Crippen LogP contribution in [0.1, 0.15) is 49.7 Å². The Labute approximate surface area is 156 Å². The van der Waals surface area contributed by atoms with Crippen LogP contribution in [0.3, 0.4) is 0 Å². The number of rotatable bonds is 6. The van der Waals surface area contributed by atoms with Crippen LogP contribution in [0.5, 0.6) is 0 Å². The number of nitrogens with zero attached hydrogens (tertiary/aromatic N) is 3. The van der Waals surface area contributed by atoms with E-state index < -0.39 is 6.03 Å². The highest BCUT2D eigenvalue weighted by atomic mass is 32.2. The molecule has 0 aromatic carbocycles. The Morgan fingerprint density at radius 1 is 1.31 bits per heavy atom. The van der Waals surface area contributed by atoms with E-state index in [4.69, 9.17) is 4.42 Å². The Kier molecular flexibility index (Phi) is 6.32. The summed E-state index contributed by atoms with van der Waals surface area (Å²) in [5, 5.41) is 14.0. The van der Waals surface area contributed by atoms with E-state index in [1.807, 2.05) is 6.92 Å². The molecule has 0 atom stereocenters. The quantitative estimate of drug-likeness (QED) is 0.751. The van der Waals surface area contributed by atoms with Gasteiger partial charge in [-0.25, -0.2) is 4.79 Å². The van der Waals surface area contributed by atoms with Crippen molar-refractivity contribution in [2.24, 2.45) is 0 Å². The van der Waals surface area contributed by atoms with Crippen LogP contribution in [0.15, 0.2) is 28.0 Å². The molecule has 8 nitrogen and oxygen atoms in total. The molecule has 2 aromatic heterocycles. The molecule has 1 saturated carbocycles. The first-order chi connectivity index (χ1) is 12.6. The van der Waals surface area contributed by atoms with Crippen LogP contribution in [0.25, 0.3) is 0 Å². The minimum absolute atomic E-state index is 0.110. The van der Waals surface area contributed by atoms with Gasteiger partial charge < -0.3 is 14.3 Å². The molecule has 9 heteroatoms. The lowest BCUT2D eigenvalue weighted by molar-refractivity contribution is -0.117. The van der Waals surface area contributed by atoms with E-state index >= 15 is 0 Å². The number of hydrogen-bond donors (Lipinski definition) is 2. The Morgan fingerprint density at radius 3 is 2.85 bits per heavy atom. The van der Waals surface area contributed by atoms with Crippen LogP contribution < -0.4 is 10.6 Å². The van der Waals surface area contributed by atoms with Gasteiger partial charge in [0.15, 0.2) is 5.16 Å². The first-order valence-corrected chi connectivity index (χ1v) is 9.76. The standard InChI is InChI=1S/C17H23N5O3S/c1-12-20-21-17(22(12)13-6-3-2-4-7-13)26-11-15(23)19-16(24)18-10-14-8-5-9-25-14/h5,8-9,13H,2-4,6-7,10-11H2,1H3,(H2,18,19,23,24). The maximum Gasteiger partial charge on any atom is 0.321 e. The van der Waals surface area contributed by atoms with Crippen LogP contribution in [0, 0.1) is 6.92 Å². The monoisotopic (exact) mass is 377 g/mol. The number of carbonyl (C=O) groups excluding carboxylic acids is 2. The van der Waals surface area contributed by atoms with Gasteiger partial charge in [-0.05, 0) is 31.9 Å². The van der Waals surface area contributed by atoms with Crippen LogP contribution in [-0.4, -0.2) is 32.5 Å². The number of hydrogen-bond acceptors (Lipinski definition) is 6. The van der Waals surface area contributed by atoms with Crippen molar-refractivity contribution >= 4 is 23.7 Å². The van der Waals surface area contributed by atoms with Crippen LogP contribution in [-0.2, 0) is 11.3 Å². The predicted octanol–water partition coefficient (Wildman–Crippen LogP) is 2.80. The lowest BCUT2D eigenvalue weighted by atomic mass is 9.95. The molecule has 1 aliphatic carbocycles. The summed E-state index contributed by atoms with van der Waals surface area (Å²) in [7, 11) is 0. The fourth-order valence-electron chi connectivity index (χ4n) is 3.13. The highest BCUT2D eigenvalue weighted by molar-refractivity contribution is 7.99. The van der Waals surface area contributed by atoms with E-state index in [9.17, 15) is 9.59 Å². The first-order valence-electron chi connectivity index (χ1n) is 8.78. The number of furan rings is 1. The Bertz CT molecular complexity index is 738. The molecule has 0 bridgehead atoms. The molecule has 0 spiro atoms. The number of thioether (sulfide) groups is 1. The summed E-state index contributed by atoms with van der Waals surface area (Å²) in [6.45, 7) is 2.17. The van der Waals surface area contributed by atoms with Gasteiger partial charge in [-0.3, -0.25) is 10.1 Å². The molecule has 0 aliphatic heterocycles. The zero-order valence-corrected chi connectivity index (χ0v) is 15.6. The van der Waals surface area contributed by atoms with Crippen molar-refractivity contribution in [2.45, 2.75) is 56.8 Å². The lowest BCUT2D eigenvalue weighted by Gasteiger charge is -2.24. The minimum Gasteiger partial charge on any atom is -0.467 e. The summed E-state index contributed by atoms with van der Waals surface area (Å²) in [4.78, 5) is 23.8. The van der Waals surface area contributed by atoms with Gasteiger partial charge in [-0.15, -0.1) is 10.2 Å². The molecule has 3 rings (SSSR count). The third-order valence-corrected chi connectivity index (χ3v) is 5.31. The van der Waals surface area contributed by atoms with Crippen molar-refractivity contribution in [2.75, 3.05) is 5.75 Å². The van der Waals surface area contributed by atoms with Crippen molar-refractivity contribution in [1.82, 2.24) is 25.4 Å². The summed E-state index contributed by atoms with van der Waals surface area (Å²) in [5.41, 5.74) is 0. The fourth-order valence-corrected chi connectivity index (χ4v) is 3.98. The molecule has 0 saturated heterocycles. The molecular formula is C17H23N5O3S. The molecular weight excluding hydrogens is 354 g/mol. The molecule has 2 N–H and O–H groups in total. The van der Waals surface area contributed by atoms with E-state index in [-0.39, 0.29) is 18.2 Å².